The molecule has 0 aliphatic heterocycles. The van der Waals surface area contributed by atoms with Crippen molar-refractivity contribution >= 4 is 5.78 Å². The van der Waals surface area contributed by atoms with Crippen LogP contribution in [0.15, 0.2) is 27.6 Å². The highest BCUT2D eigenvalue weighted by Gasteiger charge is 2.60. The van der Waals surface area contributed by atoms with E-state index in [1.165, 1.54) is 44.1 Å². The van der Waals surface area contributed by atoms with Gasteiger partial charge in [-0.1, -0.05) is 13.8 Å². The average molecular weight is 369 g/mol. The van der Waals surface area contributed by atoms with Crippen molar-refractivity contribution in [1.29, 1.82) is 0 Å². The lowest BCUT2D eigenvalue weighted by molar-refractivity contribution is -0.138. The van der Waals surface area contributed by atoms with Crippen molar-refractivity contribution < 1.29 is 9.21 Å². The second-order valence-corrected chi connectivity index (χ2v) is 10.5. The molecular formula is C24H32O3. The summed E-state index contributed by atoms with van der Waals surface area (Å²) in [6.07, 6.45) is 12.2. The number of ketones is 1. The molecule has 4 aliphatic carbocycles. The lowest BCUT2D eigenvalue weighted by atomic mass is 9.44. The summed E-state index contributed by atoms with van der Waals surface area (Å²) in [5.74, 6) is 4.05. The molecule has 3 nitrogen and oxygen atoms in total. The molecule has 1 aromatic rings. The van der Waals surface area contributed by atoms with E-state index in [9.17, 15) is 9.59 Å². The monoisotopic (exact) mass is 368 g/mol. The highest BCUT2D eigenvalue weighted by Crippen LogP contribution is 2.68. The molecule has 146 valence electrons. The lowest BCUT2D eigenvalue weighted by Crippen LogP contribution is -2.53. The van der Waals surface area contributed by atoms with Crippen LogP contribution < -0.4 is 5.63 Å². The van der Waals surface area contributed by atoms with E-state index in [2.05, 4.69) is 13.8 Å². The van der Waals surface area contributed by atoms with E-state index >= 15 is 0 Å². The molecule has 1 aromatic heterocycles. The molecule has 4 aliphatic rings. The van der Waals surface area contributed by atoms with E-state index in [0.717, 1.165) is 37.0 Å². The Balaban J connectivity index is 1.44. The summed E-state index contributed by atoms with van der Waals surface area (Å²) in [6.45, 7) is 5.03. The van der Waals surface area contributed by atoms with Crippen LogP contribution >= 0.6 is 0 Å². The number of hydrogen-bond donors (Lipinski definition) is 0. The zero-order valence-corrected chi connectivity index (χ0v) is 16.7. The van der Waals surface area contributed by atoms with E-state index in [1.807, 2.05) is 6.07 Å². The van der Waals surface area contributed by atoms with Gasteiger partial charge in [0.2, 0.25) is 0 Å². The minimum atomic E-state index is -0.250. The maximum absolute atomic E-state index is 12.0. The molecule has 0 bridgehead atoms. The largest absolute Gasteiger partial charge is 0.431 e. The standard InChI is InChI=1S/C24H32O3/c1-23-11-9-17(25)13-16(23)4-5-18-20-7-6-19(15-3-8-22(26)27-14-15)24(20,2)12-10-21(18)23/h3,8,14,16,18-21H,4-7,9-13H2,1-2H3/t16?,18-,19+,20+,21-,23-,24+/m0/s1. The molecule has 0 amide bonds. The Kier molecular flexibility index (Phi) is 3.97. The fourth-order valence-electron chi connectivity index (χ4n) is 8.16. The summed E-state index contributed by atoms with van der Waals surface area (Å²) < 4.78 is 5.21. The third kappa shape index (κ3) is 2.53. The van der Waals surface area contributed by atoms with Gasteiger partial charge in [-0.15, -0.1) is 0 Å². The van der Waals surface area contributed by atoms with Crippen LogP contribution in [0.25, 0.3) is 0 Å². The first kappa shape index (κ1) is 17.7. The fraction of sp³-hybridized carbons (Fsp3) is 0.750. The van der Waals surface area contributed by atoms with Crippen LogP contribution in [0.3, 0.4) is 0 Å². The molecule has 27 heavy (non-hydrogen) atoms. The zero-order valence-electron chi connectivity index (χ0n) is 16.7. The average Bonchev–Trinajstić information content (AvgIpc) is 3.00. The predicted molar refractivity (Wildman–Crippen MR) is 104 cm³/mol. The van der Waals surface area contributed by atoms with Gasteiger partial charge in [0, 0.05) is 18.9 Å². The normalized spacial score (nSPS) is 46.4. The Hall–Kier alpha value is -1.38. The number of carbonyl (C=O) groups is 1. The molecule has 1 unspecified atom stereocenters. The third-order valence-electron chi connectivity index (χ3n) is 9.61. The zero-order chi connectivity index (χ0) is 18.8. The fourth-order valence-corrected chi connectivity index (χ4v) is 8.16. The van der Waals surface area contributed by atoms with Gasteiger partial charge >= 0.3 is 5.63 Å². The Bertz CT molecular complexity index is 790. The van der Waals surface area contributed by atoms with E-state index in [-0.39, 0.29) is 5.63 Å². The summed E-state index contributed by atoms with van der Waals surface area (Å²) >= 11 is 0. The van der Waals surface area contributed by atoms with Crippen LogP contribution in [0.4, 0.5) is 0 Å². The van der Waals surface area contributed by atoms with Gasteiger partial charge in [0.1, 0.15) is 5.78 Å². The van der Waals surface area contributed by atoms with Gasteiger partial charge in [-0.05, 0) is 97.0 Å². The SMILES string of the molecule is C[C@]12CC[C@H]3[C@@H](CCC4CC(=O)CC[C@@]43C)[C@H]1CC[C@@H]2c1ccc(=O)oc1. The topological polar surface area (TPSA) is 47.3 Å². The quantitative estimate of drug-likeness (QED) is 0.672. The summed E-state index contributed by atoms with van der Waals surface area (Å²) in [5.41, 5.74) is 1.69. The third-order valence-corrected chi connectivity index (χ3v) is 9.61. The number of carbonyl (C=O) groups excluding carboxylic acids is 1. The molecular weight excluding hydrogens is 336 g/mol. The molecule has 0 spiro atoms. The molecule has 1 heterocycles. The van der Waals surface area contributed by atoms with Crippen molar-refractivity contribution in [3.05, 3.63) is 34.4 Å². The van der Waals surface area contributed by atoms with Gasteiger partial charge in [0.25, 0.3) is 0 Å². The van der Waals surface area contributed by atoms with Crippen molar-refractivity contribution in [2.24, 2.45) is 34.5 Å². The van der Waals surface area contributed by atoms with Crippen LogP contribution in [-0.4, -0.2) is 5.78 Å². The van der Waals surface area contributed by atoms with Crippen molar-refractivity contribution in [3.63, 3.8) is 0 Å². The molecule has 4 fully saturated rings. The Morgan fingerprint density at radius 2 is 1.74 bits per heavy atom. The number of hydrogen-bond acceptors (Lipinski definition) is 3. The Morgan fingerprint density at radius 1 is 0.926 bits per heavy atom. The number of fused-ring (bicyclic) bond motifs is 5. The van der Waals surface area contributed by atoms with Crippen molar-refractivity contribution in [3.8, 4) is 0 Å². The van der Waals surface area contributed by atoms with Crippen LogP contribution in [0.2, 0.25) is 0 Å². The van der Waals surface area contributed by atoms with E-state index < -0.39 is 0 Å². The van der Waals surface area contributed by atoms with Crippen molar-refractivity contribution in [1.82, 2.24) is 0 Å². The Morgan fingerprint density at radius 3 is 2.52 bits per heavy atom. The van der Waals surface area contributed by atoms with E-state index in [4.69, 9.17) is 4.42 Å². The molecule has 0 saturated heterocycles. The molecule has 4 saturated carbocycles. The first-order chi connectivity index (χ1) is 12.9. The van der Waals surface area contributed by atoms with Crippen LogP contribution in [0.5, 0.6) is 0 Å². The van der Waals surface area contributed by atoms with Gasteiger partial charge in [-0.3, -0.25) is 4.79 Å². The van der Waals surface area contributed by atoms with Crippen LogP contribution in [0.1, 0.15) is 83.1 Å². The second-order valence-electron chi connectivity index (χ2n) is 10.5. The summed E-state index contributed by atoms with van der Waals surface area (Å²) in [6, 6.07) is 3.59. The highest BCUT2D eigenvalue weighted by atomic mass is 16.4. The van der Waals surface area contributed by atoms with Crippen molar-refractivity contribution in [2.75, 3.05) is 0 Å². The maximum atomic E-state index is 12.0. The lowest BCUT2D eigenvalue weighted by Gasteiger charge is -2.60. The van der Waals surface area contributed by atoms with Crippen LogP contribution in [-0.2, 0) is 4.79 Å². The minimum absolute atomic E-state index is 0.250. The van der Waals surface area contributed by atoms with Gasteiger partial charge in [0.05, 0.1) is 6.26 Å². The first-order valence-corrected chi connectivity index (χ1v) is 11.0. The Labute approximate surface area is 161 Å². The summed E-state index contributed by atoms with van der Waals surface area (Å²) in [5, 5.41) is 0. The number of Topliss-reactive ketones (excluding diaryl/α,β-unsaturated/α-hetero) is 1. The van der Waals surface area contributed by atoms with E-state index in [0.29, 0.717) is 28.4 Å². The second kappa shape index (κ2) is 6.06. The smallest absolute Gasteiger partial charge is 0.335 e. The van der Waals surface area contributed by atoms with Gasteiger partial charge in [0.15, 0.2) is 0 Å². The number of rotatable bonds is 1. The molecule has 0 radical (unpaired) electrons. The summed E-state index contributed by atoms with van der Waals surface area (Å²) in [4.78, 5) is 23.4. The molecule has 5 rings (SSSR count). The minimum Gasteiger partial charge on any atom is -0.431 e. The molecule has 7 atom stereocenters. The van der Waals surface area contributed by atoms with E-state index in [1.54, 1.807) is 12.3 Å². The predicted octanol–water partition coefficient (Wildman–Crippen LogP) is 5.34. The molecule has 0 aromatic carbocycles. The van der Waals surface area contributed by atoms with Gasteiger partial charge < -0.3 is 4.42 Å². The van der Waals surface area contributed by atoms with Crippen LogP contribution in [0, 0.1) is 34.5 Å². The summed E-state index contributed by atoms with van der Waals surface area (Å²) in [7, 11) is 0. The molecule has 3 heteroatoms. The first-order valence-electron chi connectivity index (χ1n) is 11.0. The maximum Gasteiger partial charge on any atom is 0.335 e. The van der Waals surface area contributed by atoms with Crippen molar-refractivity contribution in [2.45, 2.75) is 77.6 Å². The van der Waals surface area contributed by atoms with Gasteiger partial charge in [-0.25, -0.2) is 4.79 Å². The van der Waals surface area contributed by atoms with Gasteiger partial charge in [-0.2, -0.15) is 0 Å². The highest BCUT2D eigenvalue weighted by molar-refractivity contribution is 5.79. The molecule has 0 N–H and O–H groups in total.